The van der Waals surface area contributed by atoms with Gasteiger partial charge in [-0.3, -0.25) is 4.79 Å². The molecule has 0 fully saturated rings. The molecule has 1 aromatic rings. The van der Waals surface area contributed by atoms with Crippen molar-refractivity contribution in [3.05, 3.63) is 18.2 Å². The first kappa shape index (κ1) is 11.8. The van der Waals surface area contributed by atoms with Crippen molar-refractivity contribution in [3.63, 3.8) is 0 Å². The summed E-state index contributed by atoms with van der Waals surface area (Å²) in [7, 11) is 0. The van der Waals surface area contributed by atoms with Crippen LogP contribution >= 0.6 is 0 Å². The topological polar surface area (TPSA) is 55.1 Å². The Balaban J connectivity index is 2.93. The van der Waals surface area contributed by atoms with Crippen LogP contribution in [0.25, 0.3) is 0 Å². The molecule has 0 spiro atoms. The number of carboxylic acids is 1. The molecule has 15 heavy (non-hydrogen) atoms. The Hall–Kier alpha value is -1.32. The van der Waals surface area contributed by atoms with E-state index in [4.69, 9.17) is 5.11 Å². The Kier molecular flexibility index (Phi) is 3.88. The van der Waals surface area contributed by atoms with Gasteiger partial charge in [0.05, 0.1) is 12.7 Å². The van der Waals surface area contributed by atoms with Crippen molar-refractivity contribution in [2.24, 2.45) is 5.92 Å². The number of imidazole rings is 1. The third kappa shape index (κ3) is 2.81. The molecule has 0 bridgehead atoms. The van der Waals surface area contributed by atoms with Crippen LogP contribution in [0.4, 0.5) is 0 Å². The average molecular weight is 210 g/mol. The van der Waals surface area contributed by atoms with E-state index in [1.54, 1.807) is 12.5 Å². The number of hydrogen-bond acceptors (Lipinski definition) is 2. The van der Waals surface area contributed by atoms with Gasteiger partial charge in [0, 0.05) is 24.4 Å². The highest BCUT2D eigenvalue weighted by Gasteiger charge is 2.22. The Morgan fingerprint density at radius 2 is 2.27 bits per heavy atom. The zero-order valence-electron chi connectivity index (χ0n) is 9.47. The number of aliphatic carboxylic acids is 1. The number of aromatic nitrogens is 2. The quantitative estimate of drug-likeness (QED) is 0.809. The van der Waals surface area contributed by atoms with Crippen molar-refractivity contribution in [1.82, 2.24) is 9.55 Å². The predicted molar refractivity (Wildman–Crippen MR) is 57.7 cm³/mol. The zero-order valence-corrected chi connectivity index (χ0v) is 9.47. The fourth-order valence-corrected chi connectivity index (χ4v) is 1.77. The van der Waals surface area contributed by atoms with Gasteiger partial charge in [0.25, 0.3) is 0 Å². The van der Waals surface area contributed by atoms with Gasteiger partial charge in [-0.05, 0) is 12.8 Å². The van der Waals surface area contributed by atoms with Crippen molar-refractivity contribution < 1.29 is 9.90 Å². The molecule has 0 amide bonds. The van der Waals surface area contributed by atoms with E-state index >= 15 is 0 Å². The predicted octanol–water partition coefficient (Wildman–Crippen LogP) is 2.12. The minimum Gasteiger partial charge on any atom is -0.481 e. The Morgan fingerprint density at radius 3 is 2.73 bits per heavy atom. The first-order valence-electron chi connectivity index (χ1n) is 5.28. The average Bonchev–Trinajstić information content (AvgIpc) is 2.60. The molecule has 0 saturated heterocycles. The lowest BCUT2D eigenvalue weighted by atomic mass is 9.89. The van der Waals surface area contributed by atoms with E-state index in [1.807, 2.05) is 25.3 Å². The molecule has 0 aliphatic rings. The van der Waals surface area contributed by atoms with Crippen LogP contribution in [0.1, 0.15) is 38.8 Å². The first-order chi connectivity index (χ1) is 7.06. The van der Waals surface area contributed by atoms with E-state index in [0.29, 0.717) is 5.92 Å². The summed E-state index contributed by atoms with van der Waals surface area (Å²) in [5, 5.41) is 8.87. The zero-order chi connectivity index (χ0) is 11.4. The van der Waals surface area contributed by atoms with E-state index < -0.39 is 5.97 Å². The van der Waals surface area contributed by atoms with Crippen LogP contribution in [0.5, 0.6) is 0 Å². The Bertz CT molecular complexity index is 331. The summed E-state index contributed by atoms with van der Waals surface area (Å²) in [4.78, 5) is 14.9. The van der Waals surface area contributed by atoms with Gasteiger partial charge in [0.15, 0.2) is 0 Å². The van der Waals surface area contributed by atoms with Crippen molar-refractivity contribution in [2.75, 3.05) is 0 Å². The van der Waals surface area contributed by atoms with Gasteiger partial charge in [-0.15, -0.1) is 0 Å². The molecular formula is C11H18N2O2. The molecule has 0 aliphatic heterocycles. The molecule has 1 rings (SSSR count). The number of rotatable bonds is 5. The Morgan fingerprint density at radius 1 is 1.60 bits per heavy atom. The van der Waals surface area contributed by atoms with Crippen molar-refractivity contribution in [1.29, 1.82) is 0 Å². The van der Waals surface area contributed by atoms with Crippen LogP contribution in [0.2, 0.25) is 0 Å². The second kappa shape index (κ2) is 4.96. The van der Waals surface area contributed by atoms with Gasteiger partial charge in [0.2, 0.25) is 0 Å². The van der Waals surface area contributed by atoms with Crippen molar-refractivity contribution in [2.45, 2.75) is 39.7 Å². The number of aryl methyl sites for hydroxylation is 1. The van der Waals surface area contributed by atoms with E-state index in [9.17, 15) is 4.79 Å². The minimum atomic E-state index is -0.752. The summed E-state index contributed by atoms with van der Waals surface area (Å²) in [6.45, 7) is 6.95. The molecule has 0 aliphatic carbocycles. The molecule has 1 unspecified atom stereocenters. The normalized spacial score (nSPS) is 13.1. The fraction of sp³-hybridized carbons (Fsp3) is 0.636. The van der Waals surface area contributed by atoms with Crippen LogP contribution in [-0.2, 0) is 11.3 Å². The summed E-state index contributed by atoms with van der Waals surface area (Å²) in [5.74, 6) is -0.398. The molecule has 1 atom stereocenters. The molecule has 4 nitrogen and oxygen atoms in total. The van der Waals surface area contributed by atoms with Gasteiger partial charge in [-0.1, -0.05) is 13.8 Å². The van der Waals surface area contributed by atoms with Gasteiger partial charge in [0.1, 0.15) is 0 Å². The van der Waals surface area contributed by atoms with Crippen molar-refractivity contribution >= 4 is 5.97 Å². The lowest BCUT2D eigenvalue weighted by Crippen LogP contribution is -2.15. The fourth-order valence-electron chi connectivity index (χ4n) is 1.77. The largest absolute Gasteiger partial charge is 0.481 e. The molecule has 1 heterocycles. The van der Waals surface area contributed by atoms with Crippen LogP contribution in [0.3, 0.4) is 0 Å². The summed E-state index contributed by atoms with van der Waals surface area (Å²) in [5.41, 5.74) is 1.02. The van der Waals surface area contributed by atoms with Crippen LogP contribution in [-0.4, -0.2) is 20.6 Å². The maximum Gasteiger partial charge on any atom is 0.304 e. The lowest BCUT2D eigenvalue weighted by molar-refractivity contribution is -0.137. The summed E-state index contributed by atoms with van der Waals surface area (Å²) < 4.78 is 2.01. The second-order valence-electron chi connectivity index (χ2n) is 4.05. The molecule has 0 aromatic carbocycles. The van der Waals surface area contributed by atoms with Gasteiger partial charge >= 0.3 is 5.97 Å². The smallest absolute Gasteiger partial charge is 0.304 e. The van der Waals surface area contributed by atoms with Crippen molar-refractivity contribution in [3.8, 4) is 0 Å². The molecular weight excluding hydrogens is 192 g/mol. The molecule has 0 radical (unpaired) electrons. The highest BCUT2D eigenvalue weighted by Crippen LogP contribution is 2.27. The summed E-state index contributed by atoms with van der Waals surface area (Å²) in [6.07, 6.45) is 3.70. The third-order valence-electron chi connectivity index (χ3n) is 2.66. The summed E-state index contributed by atoms with van der Waals surface area (Å²) in [6, 6.07) is 0. The van der Waals surface area contributed by atoms with Crippen LogP contribution < -0.4 is 0 Å². The number of hydrogen-bond donors (Lipinski definition) is 1. The van der Waals surface area contributed by atoms with E-state index in [1.165, 1.54) is 0 Å². The first-order valence-corrected chi connectivity index (χ1v) is 5.28. The van der Waals surface area contributed by atoms with Gasteiger partial charge in [-0.25, -0.2) is 4.98 Å². The van der Waals surface area contributed by atoms with E-state index in [2.05, 4.69) is 4.98 Å². The second-order valence-corrected chi connectivity index (χ2v) is 4.05. The molecule has 4 heteroatoms. The van der Waals surface area contributed by atoms with E-state index in [-0.39, 0.29) is 12.3 Å². The molecule has 84 valence electrons. The molecule has 1 N–H and O–H groups in total. The van der Waals surface area contributed by atoms with E-state index in [0.717, 1.165) is 12.2 Å². The molecule has 0 saturated carbocycles. The van der Waals surface area contributed by atoms with Crippen LogP contribution in [0.15, 0.2) is 12.5 Å². The van der Waals surface area contributed by atoms with Crippen LogP contribution in [0, 0.1) is 5.92 Å². The lowest BCUT2D eigenvalue weighted by Gasteiger charge is -2.20. The third-order valence-corrected chi connectivity index (χ3v) is 2.66. The highest BCUT2D eigenvalue weighted by molar-refractivity contribution is 5.67. The molecule has 1 aromatic heterocycles. The maximum absolute atomic E-state index is 10.8. The monoisotopic (exact) mass is 210 g/mol. The standard InChI is InChI=1S/C11H18N2O2/c1-4-13-7-12-6-10(13)9(8(2)3)5-11(14)15/h6-9H,4-5H2,1-3H3,(H,14,15). The number of carboxylic acid groups (broad SMARTS) is 1. The highest BCUT2D eigenvalue weighted by atomic mass is 16.4. The Labute approximate surface area is 89.9 Å². The minimum absolute atomic E-state index is 0.0462. The SMILES string of the molecule is CCn1cncc1C(CC(=O)O)C(C)C. The number of nitrogens with zero attached hydrogens (tertiary/aromatic N) is 2. The number of carbonyl (C=O) groups is 1. The van der Waals surface area contributed by atoms with Gasteiger partial charge < -0.3 is 9.67 Å². The summed E-state index contributed by atoms with van der Waals surface area (Å²) >= 11 is 0. The maximum atomic E-state index is 10.8. The van der Waals surface area contributed by atoms with Gasteiger partial charge in [-0.2, -0.15) is 0 Å².